The van der Waals surface area contributed by atoms with Crippen molar-refractivity contribution in [1.82, 2.24) is 14.8 Å². The molecule has 1 aliphatic rings. The van der Waals surface area contributed by atoms with Crippen LogP contribution in [0.2, 0.25) is 0 Å². The highest BCUT2D eigenvalue weighted by Gasteiger charge is 2.34. The van der Waals surface area contributed by atoms with Crippen LogP contribution in [0.3, 0.4) is 0 Å². The maximum Gasteiger partial charge on any atom is 0.296 e. The van der Waals surface area contributed by atoms with Crippen LogP contribution in [0.1, 0.15) is 18.9 Å². The highest BCUT2D eigenvalue weighted by molar-refractivity contribution is 8.13. The standard InChI is InChI=1S/C12H11ClFN3O3S/c1-20-10-5-2-7(6-9(10)14)11-15-16-12(21(13,18)19)17(11)8-3-4-8/h2,5-6,8H,3-4H2,1H3. The molecule has 2 aromatic rings. The van der Waals surface area contributed by atoms with Gasteiger partial charge in [0.2, 0.25) is 0 Å². The van der Waals surface area contributed by atoms with Gasteiger partial charge in [-0.15, -0.1) is 10.2 Å². The molecule has 1 fully saturated rings. The van der Waals surface area contributed by atoms with Gasteiger partial charge in [0.1, 0.15) is 0 Å². The highest BCUT2D eigenvalue weighted by atomic mass is 35.7. The molecule has 0 N–H and O–H groups in total. The van der Waals surface area contributed by atoms with Gasteiger partial charge >= 0.3 is 0 Å². The number of nitrogens with zero attached hydrogens (tertiary/aromatic N) is 3. The molecule has 3 rings (SSSR count). The first-order valence-corrected chi connectivity index (χ1v) is 8.46. The number of benzene rings is 1. The molecule has 1 aliphatic carbocycles. The second kappa shape index (κ2) is 4.96. The molecule has 0 spiro atoms. The average molecular weight is 332 g/mol. The molecule has 21 heavy (non-hydrogen) atoms. The summed E-state index contributed by atoms with van der Waals surface area (Å²) in [7, 11) is 2.73. The smallest absolute Gasteiger partial charge is 0.296 e. The van der Waals surface area contributed by atoms with Crippen molar-refractivity contribution in [2.24, 2.45) is 0 Å². The lowest BCUT2D eigenvalue weighted by Gasteiger charge is -2.08. The second-order valence-electron chi connectivity index (χ2n) is 4.69. The summed E-state index contributed by atoms with van der Waals surface area (Å²) in [6.07, 6.45) is 1.62. The molecule has 9 heteroatoms. The Morgan fingerprint density at radius 1 is 1.38 bits per heavy atom. The molecule has 112 valence electrons. The molecule has 0 bridgehead atoms. The largest absolute Gasteiger partial charge is 0.494 e. The molecule has 0 atom stereocenters. The van der Waals surface area contributed by atoms with Gasteiger partial charge in [0.05, 0.1) is 7.11 Å². The molecule has 1 saturated carbocycles. The van der Waals surface area contributed by atoms with Gasteiger partial charge in [-0.1, -0.05) is 0 Å². The molecular weight excluding hydrogens is 321 g/mol. The molecule has 1 heterocycles. The van der Waals surface area contributed by atoms with Gasteiger partial charge in [-0.25, -0.2) is 12.8 Å². The summed E-state index contributed by atoms with van der Waals surface area (Å²) in [5, 5.41) is 7.18. The number of aromatic nitrogens is 3. The highest BCUT2D eigenvalue weighted by Crippen LogP contribution is 2.40. The first-order valence-electron chi connectivity index (χ1n) is 6.15. The van der Waals surface area contributed by atoms with Crippen LogP contribution in [0, 0.1) is 5.82 Å². The van der Waals surface area contributed by atoms with Crippen molar-refractivity contribution in [2.75, 3.05) is 7.11 Å². The normalized spacial score (nSPS) is 15.2. The summed E-state index contributed by atoms with van der Waals surface area (Å²) in [5.41, 5.74) is 0.416. The number of halogens is 2. The Morgan fingerprint density at radius 3 is 2.62 bits per heavy atom. The minimum Gasteiger partial charge on any atom is -0.494 e. The molecule has 1 aromatic carbocycles. The summed E-state index contributed by atoms with van der Waals surface area (Å²) < 4.78 is 43.2. The molecule has 0 aliphatic heterocycles. The van der Waals surface area contributed by atoms with Gasteiger partial charge in [-0.2, -0.15) is 0 Å². The van der Waals surface area contributed by atoms with E-state index in [0.29, 0.717) is 5.56 Å². The maximum atomic E-state index is 13.8. The average Bonchev–Trinajstić information content (AvgIpc) is 3.15. The molecule has 0 amide bonds. The Hall–Kier alpha value is -1.67. The van der Waals surface area contributed by atoms with Gasteiger partial charge in [-0.3, -0.25) is 4.57 Å². The molecule has 6 nitrogen and oxygen atoms in total. The van der Waals surface area contributed by atoms with Gasteiger partial charge in [0, 0.05) is 22.3 Å². The van der Waals surface area contributed by atoms with Crippen LogP contribution in [0.5, 0.6) is 5.75 Å². The second-order valence-corrected chi connectivity index (χ2v) is 7.15. The number of hydrogen-bond donors (Lipinski definition) is 0. The van der Waals surface area contributed by atoms with Crippen LogP contribution in [0.15, 0.2) is 23.4 Å². The van der Waals surface area contributed by atoms with Crippen molar-refractivity contribution >= 4 is 19.7 Å². The summed E-state index contributed by atoms with van der Waals surface area (Å²) in [6.45, 7) is 0. The Kier molecular flexibility index (Phi) is 3.37. The Morgan fingerprint density at radius 2 is 2.10 bits per heavy atom. The zero-order valence-electron chi connectivity index (χ0n) is 11.0. The van der Waals surface area contributed by atoms with E-state index in [0.717, 1.165) is 12.8 Å². The molecule has 1 aromatic heterocycles. The molecule has 0 radical (unpaired) electrons. The van der Waals surface area contributed by atoms with Gasteiger partial charge in [0.15, 0.2) is 17.4 Å². The van der Waals surface area contributed by atoms with Crippen molar-refractivity contribution in [3.8, 4) is 17.1 Å². The Bertz CT molecular complexity index is 802. The summed E-state index contributed by atoms with van der Waals surface area (Å²) in [5.74, 6) is -0.185. The fraction of sp³-hybridized carbons (Fsp3) is 0.333. The van der Waals surface area contributed by atoms with Crippen molar-refractivity contribution in [3.05, 3.63) is 24.0 Å². The third-order valence-electron chi connectivity index (χ3n) is 3.20. The van der Waals surface area contributed by atoms with Gasteiger partial charge in [0.25, 0.3) is 14.2 Å². The summed E-state index contributed by atoms with van der Waals surface area (Å²) in [6, 6.07) is 4.25. The monoisotopic (exact) mass is 331 g/mol. The quantitative estimate of drug-likeness (QED) is 0.804. The summed E-state index contributed by atoms with van der Waals surface area (Å²) >= 11 is 0. The third kappa shape index (κ3) is 2.60. The van der Waals surface area contributed by atoms with Gasteiger partial charge in [-0.05, 0) is 31.0 Å². The predicted octanol–water partition coefficient (Wildman–Crippen LogP) is 2.36. The third-order valence-corrected chi connectivity index (χ3v) is 4.33. The maximum absolute atomic E-state index is 13.8. The van der Waals surface area contributed by atoms with Crippen LogP contribution < -0.4 is 4.74 Å². The summed E-state index contributed by atoms with van der Waals surface area (Å²) in [4.78, 5) is 0. The molecule has 0 saturated heterocycles. The predicted molar refractivity (Wildman–Crippen MR) is 73.3 cm³/mol. The van der Waals surface area contributed by atoms with Crippen LogP contribution in [-0.2, 0) is 9.05 Å². The van der Waals surface area contributed by atoms with E-state index >= 15 is 0 Å². The van der Waals surface area contributed by atoms with Crippen LogP contribution >= 0.6 is 10.7 Å². The van der Waals surface area contributed by atoms with E-state index in [-0.39, 0.29) is 22.8 Å². The fourth-order valence-corrected chi connectivity index (χ4v) is 3.03. The number of rotatable bonds is 4. The van der Waals surface area contributed by atoms with E-state index in [9.17, 15) is 12.8 Å². The fourth-order valence-electron chi connectivity index (χ4n) is 2.11. The first-order chi connectivity index (χ1) is 9.91. The SMILES string of the molecule is COc1ccc(-c2nnc(S(=O)(=O)Cl)n2C2CC2)cc1F. The van der Waals surface area contributed by atoms with E-state index in [4.69, 9.17) is 15.4 Å². The minimum absolute atomic E-state index is 0.0244. The number of hydrogen-bond acceptors (Lipinski definition) is 5. The lowest BCUT2D eigenvalue weighted by atomic mass is 10.2. The topological polar surface area (TPSA) is 74.1 Å². The molecule has 0 unspecified atom stereocenters. The van der Waals surface area contributed by atoms with E-state index in [1.165, 1.54) is 23.8 Å². The zero-order valence-corrected chi connectivity index (χ0v) is 12.5. The van der Waals surface area contributed by atoms with E-state index in [1.807, 2.05) is 0 Å². The van der Waals surface area contributed by atoms with E-state index in [2.05, 4.69) is 10.2 Å². The Labute approximate surface area is 124 Å². The van der Waals surface area contributed by atoms with Crippen LogP contribution in [0.4, 0.5) is 4.39 Å². The number of ether oxygens (including phenoxy) is 1. The lowest BCUT2D eigenvalue weighted by Crippen LogP contribution is -2.06. The minimum atomic E-state index is -4.01. The van der Waals surface area contributed by atoms with Crippen LogP contribution in [-0.4, -0.2) is 30.3 Å². The van der Waals surface area contributed by atoms with Crippen LogP contribution in [0.25, 0.3) is 11.4 Å². The van der Waals surface area contributed by atoms with Crippen molar-refractivity contribution in [2.45, 2.75) is 24.0 Å². The van der Waals surface area contributed by atoms with Gasteiger partial charge < -0.3 is 4.74 Å². The Balaban J connectivity index is 2.15. The van der Waals surface area contributed by atoms with Crippen molar-refractivity contribution in [3.63, 3.8) is 0 Å². The van der Waals surface area contributed by atoms with Crippen molar-refractivity contribution in [1.29, 1.82) is 0 Å². The van der Waals surface area contributed by atoms with Crippen molar-refractivity contribution < 1.29 is 17.5 Å². The zero-order chi connectivity index (χ0) is 15.2. The first kappa shape index (κ1) is 14.3. The molecular formula is C12H11ClFN3O3S. The van der Waals surface area contributed by atoms with E-state index < -0.39 is 14.9 Å². The number of methoxy groups -OCH3 is 1. The lowest BCUT2D eigenvalue weighted by molar-refractivity contribution is 0.386. The van der Waals surface area contributed by atoms with E-state index in [1.54, 1.807) is 6.07 Å².